The van der Waals surface area contributed by atoms with E-state index in [4.69, 9.17) is 0 Å². The maximum atomic E-state index is 4.13. The Morgan fingerprint density at radius 2 is 2.00 bits per heavy atom. The highest BCUT2D eigenvalue weighted by Gasteiger charge is 2.10. The molecule has 1 aromatic carbocycles. The fourth-order valence-electron chi connectivity index (χ4n) is 2.53. The van der Waals surface area contributed by atoms with Gasteiger partial charge in [0, 0.05) is 4.47 Å². The van der Waals surface area contributed by atoms with Crippen LogP contribution in [0.25, 0.3) is 0 Å². The van der Waals surface area contributed by atoms with Crippen molar-refractivity contribution in [2.75, 3.05) is 0 Å². The van der Waals surface area contributed by atoms with Crippen LogP contribution in [0.4, 0.5) is 0 Å². The molecule has 0 nitrogen and oxygen atoms in total. The predicted molar refractivity (Wildman–Crippen MR) is 96.3 cm³/mol. The Labute approximate surface area is 136 Å². The van der Waals surface area contributed by atoms with Crippen molar-refractivity contribution in [2.24, 2.45) is 0 Å². The fourth-order valence-corrected chi connectivity index (χ4v) is 2.98. The summed E-state index contributed by atoms with van der Waals surface area (Å²) >= 11 is 3.55. The number of benzene rings is 1. The molecular formula is C20H21Br. The molecule has 0 bridgehead atoms. The molecule has 0 saturated heterocycles. The summed E-state index contributed by atoms with van der Waals surface area (Å²) < 4.78 is 1.13. The third kappa shape index (κ3) is 4.18. The van der Waals surface area contributed by atoms with Gasteiger partial charge in [-0.2, -0.15) is 0 Å². The lowest BCUT2D eigenvalue weighted by atomic mass is 9.90. The highest BCUT2D eigenvalue weighted by atomic mass is 79.9. The van der Waals surface area contributed by atoms with Crippen LogP contribution in [0.3, 0.4) is 0 Å². The van der Waals surface area contributed by atoms with Crippen molar-refractivity contribution in [2.45, 2.75) is 26.7 Å². The van der Waals surface area contributed by atoms with Gasteiger partial charge < -0.3 is 0 Å². The molecule has 0 saturated carbocycles. The average Bonchev–Trinajstić information content (AvgIpc) is 2.70. The zero-order valence-electron chi connectivity index (χ0n) is 12.7. The summed E-state index contributed by atoms with van der Waals surface area (Å²) in [6.45, 7) is 8.43. The third-order valence-electron chi connectivity index (χ3n) is 3.61. The van der Waals surface area contributed by atoms with Gasteiger partial charge >= 0.3 is 0 Å². The Hall–Kier alpha value is -1.60. The largest absolute Gasteiger partial charge is 0.0955 e. The number of rotatable bonds is 4. The van der Waals surface area contributed by atoms with Crippen LogP contribution in [0.5, 0.6) is 0 Å². The Kier molecular flexibility index (Phi) is 5.58. The van der Waals surface area contributed by atoms with E-state index in [1.54, 1.807) is 0 Å². The summed E-state index contributed by atoms with van der Waals surface area (Å²) in [5.41, 5.74) is 6.45. The van der Waals surface area contributed by atoms with E-state index in [0.717, 1.165) is 22.9 Å². The van der Waals surface area contributed by atoms with Crippen LogP contribution in [0, 0.1) is 0 Å². The first-order chi connectivity index (χ1) is 10.1. The van der Waals surface area contributed by atoms with E-state index in [1.807, 2.05) is 0 Å². The molecule has 0 aromatic heterocycles. The lowest BCUT2D eigenvalue weighted by molar-refractivity contribution is 0.984. The predicted octanol–water partition coefficient (Wildman–Crippen LogP) is 6.33. The minimum atomic E-state index is 0.972. The van der Waals surface area contributed by atoms with Gasteiger partial charge in [-0.15, -0.1) is 0 Å². The average molecular weight is 341 g/mol. The molecule has 0 fully saturated rings. The first-order valence-electron chi connectivity index (χ1n) is 7.29. The molecular weight excluding hydrogens is 320 g/mol. The number of hydrogen-bond acceptors (Lipinski definition) is 0. The molecule has 0 unspecified atom stereocenters. The number of halogens is 1. The molecule has 0 N–H and O–H groups in total. The molecule has 0 atom stereocenters. The molecule has 1 aliphatic carbocycles. The van der Waals surface area contributed by atoms with Gasteiger partial charge in [-0.1, -0.05) is 83.1 Å². The van der Waals surface area contributed by atoms with Crippen LogP contribution >= 0.6 is 15.9 Å². The highest BCUT2D eigenvalue weighted by Crippen LogP contribution is 2.28. The molecule has 21 heavy (non-hydrogen) atoms. The Bertz CT molecular complexity index is 654. The SMILES string of the molecule is C=C(C)C1=CC=CC=C/C1=C(/CC)Cc1cccc(Br)c1. The maximum absolute atomic E-state index is 4.13. The second-order valence-electron chi connectivity index (χ2n) is 5.28. The van der Waals surface area contributed by atoms with Gasteiger partial charge in [-0.3, -0.25) is 0 Å². The molecule has 108 valence electrons. The molecule has 1 aromatic rings. The van der Waals surface area contributed by atoms with E-state index in [1.165, 1.54) is 22.3 Å². The summed E-state index contributed by atoms with van der Waals surface area (Å²) in [5, 5.41) is 0. The number of hydrogen-bond donors (Lipinski definition) is 0. The second-order valence-corrected chi connectivity index (χ2v) is 6.20. The van der Waals surface area contributed by atoms with Crippen LogP contribution < -0.4 is 0 Å². The van der Waals surface area contributed by atoms with Crippen molar-refractivity contribution >= 4 is 15.9 Å². The minimum absolute atomic E-state index is 0.972. The van der Waals surface area contributed by atoms with E-state index in [-0.39, 0.29) is 0 Å². The highest BCUT2D eigenvalue weighted by molar-refractivity contribution is 9.10. The van der Waals surface area contributed by atoms with Crippen molar-refractivity contribution in [3.05, 3.63) is 93.6 Å². The van der Waals surface area contributed by atoms with Crippen molar-refractivity contribution in [1.29, 1.82) is 0 Å². The molecule has 0 amide bonds. The quantitative estimate of drug-likeness (QED) is 0.600. The summed E-state index contributed by atoms with van der Waals surface area (Å²) in [7, 11) is 0. The van der Waals surface area contributed by atoms with Gasteiger partial charge in [0.25, 0.3) is 0 Å². The van der Waals surface area contributed by atoms with Crippen molar-refractivity contribution in [1.82, 2.24) is 0 Å². The Balaban J connectivity index is 2.43. The minimum Gasteiger partial charge on any atom is -0.0955 e. The monoisotopic (exact) mass is 340 g/mol. The zero-order valence-corrected chi connectivity index (χ0v) is 14.3. The first-order valence-corrected chi connectivity index (χ1v) is 8.09. The van der Waals surface area contributed by atoms with Crippen molar-refractivity contribution < 1.29 is 0 Å². The van der Waals surface area contributed by atoms with Gasteiger partial charge in [0.2, 0.25) is 0 Å². The van der Waals surface area contributed by atoms with Crippen LogP contribution in [0.1, 0.15) is 25.8 Å². The van der Waals surface area contributed by atoms with E-state index < -0.39 is 0 Å². The van der Waals surface area contributed by atoms with Crippen LogP contribution in [-0.4, -0.2) is 0 Å². The molecule has 1 aliphatic rings. The summed E-state index contributed by atoms with van der Waals surface area (Å²) in [5.74, 6) is 0. The maximum Gasteiger partial charge on any atom is 0.0178 e. The van der Waals surface area contributed by atoms with E-state index in [2.05, 4.69) is 91.0 Å². The third-order valence-corrected chi connectivity index (χ3v) is 4.11. The van der Waals surface area contributed by atoms with E-state index >= 15 is 0 Å². The topological polar surface area (TPSA) is 0 Å². The lowest BCUT2D eigenvalue weighted by Gasteiger charge is -2.15. The summed E-state index contributed by atoms with van der Waals surface area (Å²) in [6, 6.07) is 8.54. The fraction of sp³-hybridized carbons (Fsp3) is 0.200. The first kappa shape index (κ1) is 15.8. The molecule has 0 radical (unpaired) electrons. The summed E-state index contributed by atoms with van der Waals surface area (Å²) in [4.78, 5) is 0. The molecule has 2 rings (SSSR count). The second kappa shape index (κ2) is 7.42. The Morgan fingerprint density at radius 3 is 2.67 bits per heavy atom. The number of allylic oxidation sites excluding steroid dienone is 9. The molecule has 0 spiro atoms. The van der Waals surface area contributed by atoms with Gasteiger partial charge in [0.1, 0.15) is 0 Å². The summed E-state index contributed by atoms with van der Waals surface area (Å²) in [6.07, 6.45) is 12.6. The normalized spacial score (nSPS) is 16.4. The standard InChI is InChI=1S/C20H21Br/c1-4-17(13-16-9-8-10-18(21)14-16)20-12-7-5-6-11-19(20)15(2)3/h5-12,14H,2,4,13H2,1,3H3/b20-17+. The van der Waals surface area contributed by atoms with E-state index in [0.29, 0.717) is 0 Å². The van der Waals surface area contributed by atoms with Gasteiger partial charge in [0.15, 0.2) is 0 Å². The van der Waals surface area contributed by atoms with Crippen molar-refractivity contribution in [3.63, 3.8) is 0 Å². The van der Waals surface area contributed by atoms with E-state index in [9.17, 15) is 0 Å². The molecule has 0 heterocycles. The van der Waals surface area contributed by atoms with Crippen LogP contribution in [-0.2, 0) is 6.42 Å². The van der Waals surface area contributed by atoms with Gasteiger partial charge in [-0.25, -0.2) is 0 Å². The lowest BCUT2D eigenvalue weighted by Crippen LogP contribution is -1.98. The molecule has 0 aliphatic heterocycles. The Morgan fingerprint density at radius 1 is 1.19 bits per heavy atom. The van der Waals surface area contributed by atoms with Gasteiger partial charge in [-0.05, 0) is 48.6 Å². The smallest absolute Gasteiger partial charge is 0.0178 e. The van der Waals surface area contributed by atoms with Gasteiger partial charge in [0.05, 0.1) is 0 Å². The molecule has 1 heteroatoms. The van der Waals surface area contributed by atoms with Crippen LogP contribution in [0.15, 0.2) is 88.0 Å². The van der Waals surface area contributed by atoms with Crippen LogP contribution in [0.2, 0.25) is 0 Å². The zero-order chi connectivity index (χ0) is 15.2. The van der Waals surface area contributed by atoms with Crippen molar-refractivity contribution in [3.8, 4) is 0 Å².